The molecule has 3 nitrogen and oxygen atoms in total. The zero-order valence-corrected chi connectivity index (χ0v) is 12.6. The number of carbonyl (C=O) groups excluding carboxylic acids is 1. The van der Waals surface area contributed by atoms with Gasteiger partial charge in [-0.1, -0.05) is 0 Å². The van der Waals surface area contributed by atoms with Gasteiger partial charge >= 0.3 is 0 Å². The van der Waals surface area contributed by atoms with Gasteiger partial charge in [-0.2, -0.15) is 0 Å². The summed E-state index contributed by atoms with van der Waals surface area (Å²) in [5, 5.41) is 0. The number of carbonyl (C=O) groups is 1. The minimum atomic E-state index is -0.443. The fourth-order valence-electron chi connectivity index (χ4n) is 1.99. The summed E-state index contributed by atoms with van der Waals surface area (Å²) in [6.45, 7) is 7.97. The lowest BCUT2D eigenvalue weighted by Crippen LogP contribution is -2.43. The van der Waals surface area contributed by atoms with Gasteiger partial charge in [0.1, 0.15) is 5.82 Å². The van der Waals surface area contributed by atoms with E-state index in [0.717, 1.165) is 0 Å². The van der Waals surface area contributed by atoms with Crippen molar-refractivity contribution >= 4 is 23.4 Å². The van der Waals surface area contributed by atoms with Crippen molar-refractivity contribution in [2.75, 3.05) is 11.5 Å². The summed E-state index contributed by atoms with van der Waals surface area (Å²) in [6, 6.07) is 4.94. The van der Waals surface area contributed by atoms with Gasteiger partial charge in [0.25, 0.3) is 0 Å². The van der Waals surface area contributed by atoms with E-state index in [0.29, 0.717) is 10.6 Å². The van der Waals surface area contributed by atoms with E-state index >= 15 is 0 Å². The van der Waals surface area contributed by atoms with E-state index < -0.39 is 5.82 Å². The highest BCUT2D eigenvalue weighted by Crippen LogP contribution is 2.23. The van der Waals surface area contributed by atoms with Gasteiger partial charge in [-0.25, -0.2) is 4.39 Å². The van der Waals surface area contributed by atoms with Crippen LogP contribution in [-0.4, -0.2) is 28.6 Å². The fourth-order valence-corrected chi connectivity index (χ4v) is 2.78. The van der Waals surface area contributed by atoms with E-state index in [9.17, 15) is 9.18 Å². The van der Waals surface area contributed by atoms with Gasteiger partial charge in [0.15, 0.2) is 0 Å². The lowest BCUT2D eigenvalue weighted by Gasteiger charge is -2.30. The Morgan fingerprint density at radius 2 is 1.89 bits per heavy atom. The molecule has 106 valence electrons. The molecule has 0 bridgehead atoms. The lowest BCUT2D eigenvalue weighted by atomic mass is 10.2. The number of nitrogen functional groups attached to an aromatic ring is 1. The molecule has 0 atom stereocenters. The van der Waals surface area contributed by atoms with Gasteiger partial charge in [0.05, 0.1) is 11.4 Å². The predicted octanol–water partition coefficient (Wildman–Crippen LogP) is 3.15. The summed E-state index contributed by atoms with van der Waals surface area (Å²) in [5.41, 5.74) is 5.54. The number of hydrogen-bond acceptors (Lipinski definition) is 3. The highest BCUT2D eigenvalue weighted by atomic mass is 32.2. The van der Waals surface area contributed by atoms with Crippen molar-refractivity contribution in [3.63, 3.8) is 0 Å². The Morgan fingerprint density at radius 1 is 1.32 bits per heavy atom. The van der Waals surface area contributed by atoms with E-state index in [-0.39, 0.29) is 23.7 Å². The van der Waals surface area contributed by atoms with Gasteiger partial charge in [-0.15, -0.1) is 11.8 Å². The number of anilines is 1. The molecule has 0 spiro atoms. The Labute approximate surface area is 118 Å². The second-order valence-electron chi connectivity index (χ2n) is 4.96. The van der Waals surface area contributed by atoms with Gasteiger partial charge in [0.2, 0.25) is 5.91 Å². The SMILES string of the molecule is CC(C)N(C(=O)CSc1ccc(N)c(F)c1)C(C)C. The third-order valence-corrected chi connectivity index (χ3v) is 3.71. The summed E-state index contributed by atoms with van der Waals surface area (Å²) < 4.78 is 13.3. The number of nitrogens with two attached hydrogens (primary N) is 1. The first-order valence-electron chi connectivity index (χ1n) is 6.32. The average Bonchev–Trinajstić information content (AvgIpc) is 2.29. The summed E-state index contributed by atoms with van der Waals surface area (Å²) in [6.07, 6.45) is 0. The van der Waals surface area contributed by atoms with Crippen LogP contribution in [0.3, 0.4) is 0 Å². The average molecular weight is 284 g/mol. The molecule has 0 aliphatic carbocycles. The first kappa shape index (κ1) is 15.8. The van der Waals surface area contributed by atoms with Crippen LogP contribution in [0.2, 0.25) is 0 Å². The number of rotatable bonds is 5. The quantitative estimate of drug-likeness (QED) is 0.667. The highest BCUT2D eigenvalue weighted by Gasteiger charge is 2.19. The smallest absolute Gasteiger partial charge is 0.233 e. The zero-order chi connectivity index (χ0) is 14.6. The lowest BCUT2D eigenvalue weighted by molar-refractivity contribution is -0.131. The van der Waals surface area contributed by atoms with Crippen molar-refractivity contribution < 1.29 is 9.18 Å². The third-order valence-electron chi connectivity index (χ3n) is 2.73. The summed E-state index contributed by atoms with van der Waals surface area (Å²) in [5.74, 6) is -0.0750. The fraction of sp³-hybridized carbons (Fsp3) is 0.500. The highest BCUT2D eigenvalue weighted by molar-refractivity contribution is 8.00. The number of amides is 1. The van der Waals surface area contributed by atoms with Crippen LogP contribution in [0.4, 0.5) is 10.1 Å². The molecule has 1 amide bonds. The van der Waals surface area contributed by atoms with Crippen molar-refractivity contribution in [1.29, 1.82) is 0 Å². The molecular weight excluding hydrogens is 263 g/mol. The van der Waals surface area contributed by atoms with Crippen LogP contribution in [0, 0.1) is 5.82 Å². The van der Waals surface area contributed by atoms with Crippen molar-refractivity contribution in [1.82, 2.24) is 4.90 Å². The van der Waals surface area contributed by atoms with Crippen molar-refractivity contribution in [3.05, 3.63) is 24.0 Å². The molecule has 0 heterocycles. The van der Waals surface area contributed by atoms with Crippen LogP contribution in [0.1, 0.15) is 27.7 Å². The Bertz CT molecular complexity index is 441. The Morgan fingerprint density at radius 3 is 2.37 bits per heavy atom. The Kier molecular flexibility index (Phi) is 5.66. The molecule has 5 heteroatoms. The molecule has 0 saturated carbocycles. The monoisotopic (exact) mass is 284 g/mol. The van der Waals surface area contributed by atoms with E-state index in [1.807, 2.05) is 32.6 Å². The van der Waals surface area contributed by atoms with Gasteiger partial charge in [-0.3, -0.25) is 4.79 Å². The second kappa shape index (κ2) is 6.80. The molecule has 1 rings (SSSR count). The molecule has 19 heavy (non-hydrogen) atoms. The molecule has 0 radical (unpaired) electrons. The first-order chi connectivity index (χ1) is 8.82. The molecule has 0 aromatic heterocycles. The second-order valence-corrected chi connectivity index (χ2v) is 6.01. The van der Waals surface area contributed by atoms with Crippen molar-refractivity contribution in [2.45, 2.75) is 44.7 Å². The van der Waals surface area contributed by atoms with E-state index in [1.165, 1.54) is 23.9 Å². The minimum Gasteiger partial charge on any atom is -0.396 e. The largest absolute Gasteiger partial charge is 0.396 e. The number of nitrogens with zero attached hydrogens (tertiary/aromatic N) is 1. The Balaban J connectivity index is 2.65. The Hall–Kier alpha value is -1.23. The number of thioether (sulfide) groups is 1. The topological polar surface area (TPSA) is 46.3 Å². The van der Waals surface area contributed by atoms with Crippen molar-refractivity contribution in [3.8, 4) is 0 Å². The maximum absolute atomic E-state index is 13.3. The molecular formula is C14H21FN2OS. The normalized spacial score (nSPS) is 11.1. The van der Waals surface area contributed by atoms with Gasteiger partial charge < -0.3 is 10.6 Å². The maximum Gasteiger partial charge on any atom is 0.233 e. The zero-order valence-electron chi connectivity index (χ0n) is 11.8. The summed E-state index contributed by atoms with van der Waals surface area (Å²) in [4.78, 5) is 14.7. The molecule has 2 N–H and O–H groups in total. The molecule has 0 unspecified atom stereocenters. The standard InChI is InChI=1S/C14H21FN2OS/c1-9(2)17(10(3)4)14(18)8-19-11-5-6-13(16)12(15)7-11/h5-7,9-10H,8,16H2,1-4H3. The number of benzene rings is 1. The molecule has 1 aromatic rings. The van der Waals surface area contributed by atoms with Crippen LogP contribution in [0.25, 0.3) is 0 Å². The van der Waals surface area contributed by atoms with Crippen LogP contribution in [-0.2, 0) is 4.79 Å². The summed E-state index contributed by atoms with van der Waals surface area (Å²) in [7, 11) is 0. The molecule has 0 fully saturated rings. The van der Waals surface area contributed by atoms with Crippen molar-refractivity contribution in [2.24, 2.45) is 0 Å². The number of hydrogen-bond donors (Lipinski definition) is 1. The third kappa shape index (κ3) is 4.42. The molecule has 0 saturated heterocycles. The number of halogens is 1. The minimum absolute atomic E-state index is 0.0623. The van der Waals surface area contributed by atoms with E-state index in [2.05, 4.69) is 0 Å². The molecule has 1 aromatic carbocycles. The van der Waals surface area contributed by atoms with Gasteiger partial charge in [0, 0.05) is 17.0 Å². The predicted molar refractivity (Wildman–Crippen MR) is 78.7 cm³/mol. The maximum atomic E-state index is 13.3. The summed E-state index contributed by atoms with van der Waals surface area (Å²) >= 11 is 1.33. The van der Waals surface area contributed by atoms with E-state index in [1.54, 1.807) is 6.07 Å². The molecule has 0 aliphatic rings. The molecule has 0 aliphatic heterocycles. The van der Waals surface area contributed by atoms with Crippen LogP contribution < -0.4 is 5.73 Å². The van der Waals surface area contributed by atoms with Crippen LogP contribution in [0.5, 0.6) is 0 Å². The van der Waals surface area contributed by atoms with Crippen LogP contribution >= 0.6 is 11.8 Å². The van der Waals surface area contributed by atoms with Gasteiger partial charge in [-0.05, 0) is 45.9 Å². The first-order valence-corrected chi connectivity index (χ1v) is 7.30. The van der Waals surface area contributed by atoms with Crippen LogP contribution in [0.15, 0.2) is 23.1 Å². The van der Waals surface area contributed by atoms with E-state index in [4.69, 9.17) is 5.73 Å².